The summed E-state index contributed by atoms with van der Waals surface area (Å²) in [6.07, 6.45) is 9.77. The van der Waals surface area contributed by atoms with Crippen molar-refractivity contribution in [1.29, 1.82) is 0 Å². The molecule has 2 nitrogen and oxygen atoms in total. The first-order chi connectivity index (χ1) is 6.67. The Morgan fingerprint density at radius 2 is 1.79 bits per heavy atom. The summed E-state index contributed by atoms with van der Waals surface area (Å²) < 4.78 is 0. The van der Waals surface area contributed by atoms with Crippen molar-refractivity contribution in [1.82, 2.24) is 4.90 Å². The van der Waals surface area contributed by atoms with E-state index >= 15 is 0 Å². The van der Waals surface area contributed by atoms with Gasteiger partial charge < -0.3 is 5.73 Å². The molecule has 0 bridgehead atoms. The highest BCUT2D eigenvalue weighted by Crippen LogP contribution is 2.27. The van der Waals surface area contributed by atoms with Crippen molar-refractivity contribution in [3.8, 4) is 0 Å². The maximum atomic E-state index is 6.17. The molecule has 0 aromatic carbocycles. The summed E-state index contributed by atoms with van der Waals surface area (Å²) in [4.78, 5) is 2.64. The lowest BCUT2D eigenvalue weighted by Crippen LogP contribution is -2.42. The van der Waals surface area contributed by atoms with Gasteiger partial charge in [-0.2, -0.15) is 0 Å². The summed E-state index contributed by atoms with van der Waals surface area (Å²) in [5.74, 6) is 0. The summed E-state index contributed by atoms with van der Waals surface area (Å²) in [5.41, 5.74) is 6.26. The monoisotopic (exact) mass is 196 g/mol. The Bertz CT molecular complexity index is 178. The summed E-state index contributed by atoms with van der Waals surface area (Å²) in [6.45, 7) is 4.55. The molecule has 82 valence electrons. The third-order valence-electron chi connectivity index (χ3n) is 3.88. The van der Waals surface area contributed by atoms with Gasteiger partial charge in [-0.25, -0.2) is 0 Å². The van der Waals surface area contributed by atoms with Gasteiger partial charge in [0.05, 0.1) is 0 Å². The van der Waals surface area contributed by atoms with Crippen LogP contribution in [0.2, 0.25) is 0 Å². The van der Waals surface area contributed by atoms with Gasteiger partial charge >= 0.3 is 0 Å². The molecule has 1 saturated carbocycles. The predicted molar refractivity (Wildman–Crippen MR) is 60.3 cm³/mol. The molecule has 2 fully saturated rings. The fourth-order valence-corrected chi connectivity index (χ4v) is 2.96. The molecule has 1 heterocycles. The molecule has 1 atom stereocenters. The Hall–Kier alpha value is -0.0800. The van der Waals surface area contributed by atoms with Crippen LogP contribution in [0, 0.1) is 0 Å². The zero-order chi connectivity index (χ0) is 10.0. The molecular formula is C12H24N2. The first kappa shape index (κ1) is 10.4. The quantitative estimate of drug-likeness (QED) is 0.651. The molecule has 0 aromatic heterocycles. The second-order valence-corrected chi connectivity index (χ2v) is 5.52. The van der Waals surface area contributed by atoms with E-state index in [0.717, 1.165) is 12.6 Å². The number of nitrogens with two attached hydrogens (primary N) is 1. The van der Waals surface area contributed by atoms with Crippen molar-refractivity contribution in [3.63, 3.8) is 0 Å². The van der Waals surface area contributed by atoms with Crippen molar-refractivity contribution in [2.45, 2.75) is 63.5 Å². The van der Waals surface area contributed by atoms with Gasteiger partial charge in [-0.1, -0.05) is 25.7 Å². The average Bonchev–Trinajstić information content (AvgIpc) is 2.42. The number of hydrogen-bond donors (Lipinski definition) is 1. The fraction of sp³-hybridized carbons (Fsp3) is 1.00. The van der Waals surface area contributed by atoms with Crippen LogP contribution in [0.4, 0.5) is 0 Å². The molecule has 2 aliphatic rings. The Kier molecular flexibility index (Phi) is 3.13. The van der Waals surface area contributed by atoms with E-state index in [1.807, 2.05) is 0 Å². The van der Waals surface area contributed by atoms with Crippen molar-refractivity contribution in [3.05, 3.63) is 0 Å². The lowest BCUT2D eigenvalue weighted by atomic mass is 10.0. The first-order valence-corrected chi connectivity index (χ1v) is 6.20. The molecule has 0 radical (unpaired) electrons. The van der Waals surface area contributed by atoms with Gasteiger partial charge in [0.25, 0.3) is 0 Å². The molecule has 1 saturated heterocycles. The van der Waals surface area contributed by atoms with Gasteiger partial charge in [-0.05, 0) is 26.2 Å². The van der Waals surface area contributed by atoms with E-state index < -0.39 is 0 Å². The summed E-state index contributed by atoms with van der Waals surface area (Å²) >= 11 is 0. The van der Waals surface area contributed by atoms with Crippen LogP contribution >= 0.6 is 0 Å². The molecule has 0 spiro atoms. The Balaban J connectivity index is 1.88. The molecule has 1 aliphatic heterocycles. The van der Waals surface area contributed by atoms with E-state index in [4.69, 9.17) is 5.73 Å². The minimum absolute atomic E-state index is 0.0896. The van der Waals surface area contributed by atoms with Gasteiger partial charge in [0.1, 0.15) is 0 Å². The zero-order valence-electron chi connectivity index (χ0n) is 9.47. The number of rotatable bonds is 1. The molecule has 14 heavy (non-hydrogen) atoms. The molecule has 0 aromatic rings. The van der Waals surface area contributed by atoms with Crippen LogP contribution in [-0.4, -0.2) is 29.6 Å². The SMILES string of the molecule is CC1(N)CCN(C2CCCCCC2)C1. The smallest absolute Gasteiger partial charge is 0.0267 e. The van der Waals surface area contributed by atoms with Crippen LogP contribution in [0.25, 0.3) is 0 Å². The molecule has 2 heteroatoms. The highest BCUT2D eigenvalue weighted by molar-refractivity contribution is 4.93. The van der Waals surface area contributed by atoms with Gasteiger partial charge in [-0.15, -0.1) is 0 Å². The number of likely N-dealkylation sites (tertiary alicyclic amines) is 1. The van der Waals surface area contributed by atoms with E-state index in [2.05, 4.69) is 11.8 Å². The molecule has 2 rings (SSSR count). The molecule has 1 aliphatic carbocycles. The van der Waals surface area contributed by atoms with E-state index in [-0.39, 0.29) is 5.54 Å². The van der Waals surface area contributed by atoms with Crippen LogP contribution in [0.1, 0.15) is 51.9 Å². The normalized spacial score (nSPS) is 37.3. The highest BCUT2D eigenvalue weighted by atomic mass is 15.2. The third kappa shape index (κ3) is 2.48. The van der Waals surface area contributed by atoms with Gasteiger partial charge in [0.15, 0.2) is 0 Å². The minimum atomic E-state index is 0.0896. The Labute approximate surface area is 87.8 Å². The first-order valence-electron chi connectivity index (χ1n) is 6.20. The standard InChI is InChI=1S/C12H24N2/c1-12(13)8-9-14(10-12)11-6-4-2-3-5-7-11/h11H,2-10,13H2,1H3. The van der Waals surface area contributed by atoms with Gasteiger partial charge in [0, 0.05) is 24.7 Å². The van der Waals surface area contributed by atoms with E-state index in [0.29, 0.717) is 0 Å². The van der Waals surface area contributed by atoms with Gasteiger partial charge in [0.2, 0.25) is 0 Å². The summed E-state index contributed by atoms with van der Waals surface area (Å²) in [7, 11) is 0. The Morgan fingerprint density at radius 1 is 1.14 bits per heavy atom. The maximum absolute atomic E-state index is 6.17. The summed E-state index contributed by atoms with van der Waals surface area (Å²) in [6, 6.07) is 0.850. The third-order valence-corrected chi connectivity index (χ3v) is 3.88. The van der Waals surface area contributed by atoms with E-state index in [9.17, 15) is 0 Å². The van der Waals surface area contributed by atoms with Crippen molar-refractivity contribution >= 4 is 0 Å². The van der Waals surface area contributed by atoms with Crippen LogP contribution < -0.4 is 5.73 Å². The predicted octanol–water partition coefficient (Wildman–Crippen LogP) is 2.13. The van der Waals surface area contributed by atoms with Crippen LogP contribution in [0.15, 0.2) is 0 Å². The molecule has 0 amide bonds. The zero-order valence-corrected chi connectivity index (χ0v) is 9.47. The number of nitrogens with zero attached hydrogens (tertiary/aromatic N) is 1. The van der Waals surface area contributed by atoms with Crippen LogP contribution in [0.5, 0.6) is 0 Å². The van der Waals surface area contributed by atoms with E-state index in [1.165, 1.54) is 51.5 Å². The van der Waals surface area contributed by atoms with Crippen molar-refractivity contribution in [2.75, 3.05) is 13.1 Å². The average molecular weight is 196 g/mol. The van der Waals surface area contributed by atoms with Crippen molar-refractivity contribution < 1.29 is 0 Å². The molecular weight excluding hydrogens is 172 g/mol. The molecule has 1 unspecified atom stereocenters. The lowest BCUT2D eigenvalue weighted by Gasteiger charge is -2.28. The van der Waals surface area contributed by atoms with Crippen molar-refractivity contribution in [2.24, 2.45) is 5.73 Å². The Morgan fingerprint density at radius 3 is 2.29 bits per heavy atom. The van der Waals surface area contributed by atoms with Crippen LogP contribution in [-0.2, 0) is 0 Å². The second kappa shape index (κ2) is 4.19. The highest BCUT2D eigenvalue weighted by Gasteiger charge is 2.33. The van der Waals surface area contributed by atoms with Gasteiger partial charge in [-0.3, -0.25) is 4.90 Å². The lowest BCUT2D eigenvalue weighted by molar-refractivity contribution is 0.210. The molecule has 2 N–H and O–H groups in total. The second-order valence-electron chi connectivity index (χ2n) is 5.52. The minimum Gasteiger partial charge on any atom is -0.324 e. The topological polar surface area (TPSA) is 29.3 Å². The van der Waals surface area contributed by atoms with Crippen LogP contribution in [0.3, 0.4) is 0 Å². The summed E-state index contributed by atoms with van der Waals surface area (Å²) in [5, 5.41) is 0. The maximum Gasteiger partial charge on any atom is 0.0267 e. The van der Waals surface area contributed by atoms with E-state index in [1.54, 1.807) is 0 Å². The number of hydrogen-bond acceptors (Lipinski definition) is 2. The fourth-order valence-electron chi connectivity index (χ4n) is 2.96. The largest absolute Gasteiger partial charge is 0.324 e.